The summed E-state index contributed by atoms with van der Waals surface area (Å²) >= 11 is 0. The van der Waals surface area contributed by atoms with Gasteiger partial charge in [0.25, 0.3) is 0 Å². The summed E-state index contributed by atoms with van der Waals surface area (Å²) in [7, 11) is 1.61. The van der Waals surface area contributed by atoms with E-state index in [2.05, 4.69) is 11.7 Å². The van der Waals surface area contributed by atoms with E-state index in [4.69, 9.17) is 9.47 Å². The number of benzene rings is 1. The summed E-state index contributed by atoms with van der Waals surface area (Å²) in [6, 6.07) is 4.20. The molecule has 24 heavy (non-hydrogen) atoms. The molecule has 0 spiro atoms. The number of aliphatic hydroxyl groups is 1. The lowest BCUT2D eigenvalue weighted by atomic mass is 10.0. The normalized spacial score (nSPS) is 11.8. The van der Waals surface area contributed by atoms with Crippen LogP contribution in [0.2, 0.25) is 0 Å². The first-order valence-corrected chi connectivity index (χ1v) is 7.40. The number of esters is 1. The quantitative estimate of drug-likeness (QED) is 0.622. The maximum atomic E-state index is 14.1. The summed E-state index contributed by atoms with van der Waals surface area (Å²) in [5.41, 5.74) is 0.381. The second-order valence-electron chi connectivity index (χ2n) is 4.99. The molecule has 1 aromatic carbocycles. The Morgan fingerprint density at radius 2 is 2.25 bits per heavy atom. The molecule has 0 radical (unpaired) electrons. The molecule has 6 nitrogen and oxygen atoms in total. The van der Waals surface area contributed by atoms with Crippen LogP contribution in [0.4, 0.5) is 4.39 Å². The molecule has 1 atom stereocenters. The number of nitrogens with zero attached hydrogens (tertiary/aromatic N) is 2. The number of aryl methyl sites for hydroxylation is 1. The first-order valence-electron chi connectivity index (χ1n) is 7.40. The number of ether oxygens (including phenoxy) is 2. The number of aromatic nitrogens is 2. The molecule has 2 aromatic rings. The molecule has 0 bridgehead atoms. The largest absolute Gasteiger partial charge is 0.486 e. The van der Waals surface area contributed by atoms with E-state index in [-0.39, 0.29) is 35.8 Å². The van der Waals surface area contributed by atoms with Gasteiger partial charge >= 0.3 is 5.97 Å². The molecule has 0 fully saturated rings. The highest BCUT2D eigenvalue weighted by molar-refractivity contribution is 5.89. The lowest BCUT2D eigenvalue weighted by molar-refractivity contribution is 0.0513. The van der Waals surface area contributed by atoms with Crippen LogP contribution in [0.5, 0.6) is 5.75 Å². The Kier molecular flexibility index (Phi) is 5.70. The van der Waals surface area contributed by atoms with Crippen molar-refractivity contribution in [3.8, 4) is 5.75 Å². The fraction of sp³-hybridized carbons (Fsp3) is 0.294. The Balaban J connectivity index is 2.46. The Morgan fingerprint density at radius 1 is 1.50 bits per heavy atom. The van der Waals surface area contributed by atoms with E-state index in [1.807, 2.05) is 0 Å². The Morgan fingerprint density at radius 3 is 2.92 bits per heavy atom. The highest BCUT2D eigenvalue weighted by Gasteiger charge is 2.27. The average Bonchev–Trinajstić information content (AvgIpc) is 2.95. The molecule has 0 aliphatic rings. The van der Waals surface area contributed by atoms with Gasteiger partial charge in [-0.15, -0.1) is 0 Å². The smallest absolute Gasteiger partial charge is 0.359 e. The second kappa shape index (κ2) is 7.74. The van der Waals surface area contributed by atoms with Crippen molar-refractivity contribution in [2.45, 2.75) is 13.0 Å². The Labute approximate surface area is 139 Å². The van der Waals surface area contributed by atoms with E-state index in [0.717, 1.165) is 0 Å². The maximum absolute atomic E-state index is 14.1. The van der Waals surface area contributed by atoms with E-state index in [1.165, 1.54) is 35.2 Å². The second-order valence-corrected chi connectivity index (χ2v) is 4.99. The molecular formula is C17H19FN2O4. The lowest BCUT2D eigenvalue weighted by Crippen LogP contribution is -2.12. The molecule has 0 aliphatic carbocycles. The van der Waals surface area contributed by atoms with Crippen LogP contribution in [-0.2, 0) is 11.8 Å². The van der Waals surface area contributed by atoms with Crippen molar-refractivity contribution in [2.24, 2.45) is 7.05 Å². The lowest BCUT2D eigenvalue weighted by Gasteiger charge is -2.16. The fourth-order valence-electron chi connectivity index (χ4n) is 2.27. The number of carbonyl (C=O) groups excluding carboxylic acids is 1. The number of halogens is 1. The van der Waals surface area contributed by atoms with Gasteiger partial charge in [0.15, 0.2) is 17.3 Å². The number of hydrogen-bond donors (Lipinski definition) is 1. The summed E-state index contributed by atoms with van der Waals surface area (Å²) in [5, 5.41) is 14.7. The molecule has 1 aromatic heterocycles. The van der Waals surface area contributed by atoms with Crippen LogP contribution in [0.25, 0.3) is 0 Å². The number of aliphatic hydroxyl groups excluding tert-OH is 1. The van der Waals surface area contributed by atoms with Gasteiger partial charge in [-0.1, -0.05) is 24.8 Å². The standard InChI is InChI=1S/C17H19FN2O4/c1-4-9-24-16-11(7-6-8-13(16)18)15(21)12-10-20(3)19-14(12)17(22)23-5-2/h4,6-8,10,15,21H,1,5,9H2,2-3H3. The van der Waals surface area contributed by atoms with Crippen molar-refractivity contribution in [1.29, 1.82) is 0 Å². The zero-order valence-electron chi connectivity index (χ0n) is 13.5. The number of hydrogen-bond acceptors (Lipinski definition) is 5. The fourth-order valence-corrected chi connectivity index (χ4v) is 2.27. The van der Waals surface area contributed by atoms with E-state index in [9.17, 15) is 14.3 Å². The van der Waals surface area contributed by atoms with Gasteiger partial charge in [0.05, 0.1) is 6.61 Å². The minimum atomic E-state index is -1.30. The molecule has 0 aliphatic heterocycles. The van der Waals surface area contributed by atoms with Crippen molar-refractivity contribution in [3.05, 3.63) is 59.7 Å². The number of para-hydroxylation sites is 1. The van der Waals surface area contributed by atoms with Crippen LogP contribution in [0.15, 0.2) is 37.1 Å². The minimum absolute atomic E-state index is 0.0224. The zero-order chi connectivity index (χ0) is 17.7. The third-order valence-corrected chi connectivity index (χ3v) is 3.26. The van der Waals surface area contributed by atoms with Gasteiger partial charge in [-0.2, -0.15) is 5.10 Å². The van der Waals surface area contributed by atoms with E-state index < -0.39 is 17.9 Å². The third-order valence-electron chi connectivity index (χ3n) is 3.26. The summed E-state index contributed by atoms with van der Waals surface area (Å²) < 4.78 is 25.7. The monoisotopic (exact) mass is 334 g/mol. The van der Waals surface area contributed by atoms with Crippen LogP contribution >= 0.6 is 0 Å². The van der Waals surface area contributed by atoms with Gasteiger partial charge in [0.2, 0.25) is 0 Å². The zero-order valence-corrected chi connectivity index (χ0v) is 13.5. The Hall–Kier alpha value is -2.67. The van der Waals surface area contributed by atoms with E-state index in [1.54, 1.807) is 14.0 Å². The van der Waals surface area contributed by atoms with Gasteiger partial charge in [0.1, 0.15) is 12.7 Å². The molecular weight excluding hydrogens is 315 g/mol. The molecule has 0 amide bonds. The average molecular weight is 334 g/mol. The van der Waals surface area contributed by atoms with Crippen molar-refractivity contribution in [1.82, 2.24) is 9.78 Å². The maximum Gasteiger partial charge on any atom is 0.359 e. The SMILES string of the molecule is C=CCOc1c(F)cccc1C(O)c1cn(C)nc1C(=O)OCC. The first-order chi connectivity index (χ1) is 11.5. The van der Waals surface area contributed by atoms with Crippen LogP contribution in [0.3, 0.4) is 0 Å². The van der Waals surface area contributed by atoms with Gasteiger partial charge < -0.3 is 14.6 Å². The van der Waals surface area contributed by atoms with Gasteiger partial charge in [0, 0.05) is 24.4 Å². The Bertz CT molecular complexity index is 742. The van der Waals surface area contributed by atoms with Crippen LogP contribution in [0.1, 0.15) is 34.6 Å². The van der Waals surface area contributed by atoms with Crippen LogP contribution < -0.4 is 4.74 Å². The van der Waals surface area contributed by atoms with Crippen molar-refractivity contribution in [3.63, 3.8) is 0 Å². The molecule has 7 heteroatoms. The van der Waals surface area contributed by atoms with Crippen molar-refractivity contribution < 1.29 is 23.8 Å². The third kappa shape index (κ3) is 3.62. The summed E-state index contributed by atoms with van der Waals surface area (Å²) in [5.74, 6) is -1.37. The van der Waals surface area contributed by atoms with Gasteiger partial charge in [-0.3, -0.25) is 4.68 Å². The molecule has 1 heterocycles. The van der Waals surface area contributed by atoms with Gasteiger partial charge in [-0.25, -0.2) is 9.18 Å². The number of rotatable bonds is 7. The van der Waals surface area contributed by atoms with E-state index >= 15 is 0 Å². The highest BCUT2D eigenvalue weighted by atomic mass is 19.1. The van der Waals surface area contributed by atoms with Crippen LogP contribution in [-0.4, -0.2) is 34.1 Å². The summed E-state index contributed by atoms with van der Waals surface area (Å²) in [6.45, 7) is 5.45. The molecule has 0 saturated heterocycles. The molecule has 128 valence electrons. The summed E-state index contributed by atoms with van der Waals surface area (Å²) in [6.07, 6.45) is 1.66. The first kappa shape index (κ1) is 17.7. The molecule has 1 unspecified atom stereocenters. The summed E-state index contributed by atoms with van der Waals surface area (Å²) in [4.78, 5) is 12.0. The highest BCUT2D eigenvalue weighted by Crippen LogP contribution is 2.33. The van der Waals surface area contributed by atoms with Gasteiger partial charge in [-0.05, 0) is 13.0 Å². The predicted molar refractivity (Wildman–Crippen MR) is 85.3 cm³/mol. The van der Waals surface area contributed by atoms with Crippen LogP contribution in [0, 0.1) is 5.82 Å². The minimum Gasteiger partial charge on any atom is -0.486 e. The van der Waals surface area contributed by atoms with E-state index in [0.29, 0.717) is 0 Å². The number of carbonyl (C=O) groups is 1. The van der Waals surface area contributed by atoms with Crippen molar-refractivity contribution in [2.75, 3.05) is 13.2 Å². The topological polar surface area (TPSA) is 73.6 Å². The van der Waals surface area contributed by atoms with Crippen molar-refractivity contribution >= 4 is 5.97 Å². The molecule has 2 rings (SSSR count). The predicted octanol–water partition coefficient (Wildman–Crippen LogP) is 2.38. The molecule has 0 saturated carbocycles. The molecule has 1 N–H and O–H groups in total.